The van der Waals surface area contributed by atoms with Gasteiger partial charge in [-0.15, -0.1) is 0 Å². The average Bonchev–Trinajstić information content (AvgIpc) is 2.68. The molecule has 1 atom stereocenters. The van der Waals surface area contributed by atoms with Gasteiger partial charge < -0.3 is 15.3 Å². The summed E-state index contributed by atoms with van der Waals surface area (Å²) in [6.45, 7) is 6.43. The number of aromatic hydroxyl groups is 1. The number of anilines is 1. The van der Waals surface area contributed by atoms with Crippen molar-refractivity contribution in [3.8, 4) is 5.75 Å². The Morgan fingerprint density at radius 1 is 1.03 bits per heavy atom. The topological polar surface area (TPSA) is 55.8 Å². The first kappa shape index (κ1) is 19.2. The van der Waals surface area contributed by atoms with Crippen molar-refractivity contribution in [3.63, 3.8) is 0 Å². The summed E-state index contributed by atoms with van der Waals surface area (Å²) < 4.78 is 0. The van der Waals surface area contributed by atoms with Gasteiger partial charge in [-0.3, -0.25) is 9.69 Å². The fraction of sp³-hybridized carbons (Fsp3) is 0.708. The van der Waals surface area contributed by atoms with Crippen molar-refractivity contribution in [2.24, 2.45) is 23.2 Å². The monoisotopic (exact) mass is 397 g/mol. The Balaban J connectivity index is 1.12. The molecule has 1 amide bonds. The number of carbonyl (C=O) groups excluding carboxylic acids is 1. The first-order valence-corrected chi connectivity index (χ1v) is 11.5. The summed E-state index contributed by atoms with van der Waals surface area (Å²) in [7, 11) is 0. The maximum absolute atomic E-state index is 12.8. The van der Waals surface area contributed by atoms with Crippen LogP contribution >= 0.6 is 0 Å². The number of nitrogens with zero attached hydrogens (tertiary/aromatic N) is 2. The van der Waals surface area contributed by atoms with Gasteiger partial charge in [0.1, 0.15) is 5.75 Å². The fourth-order valence-electron chi connectivity index (χ4n) is 7.18. The maximum atomic E-state index is 12.8. The summed E-state index contributed by atoms with van der Waals surface area (Å²) in [6.07, 6.45) is 8.37. The molecule has 5 aliphatic rings. The second-order valence-electron chi connectivity index (χ2n) is 10.3. The molecule has 4 saturated carbocycles. The molecule has 1 saturated heterocycles. The van der Waals surface area contributed by atoms with E-state index in [0.29, 0.717) is 23.8 Å². The number of phenolic OH excluding ortho intramolecular Hbond substituents is 1. The highest BCUT2D eigenvalue weighted by Gasteiger charge is 2.53. The van der Waals surface area contributed by atoms with Gasteiger partial charge in [0, 0.05) is 37.9 Å². The van der Waals surface area contributed by atoms with Crippen LogP contribution in [0.4, 0.5) is 5.69 Å². The van der Waals surface area contributed by atoms with Crippen LogP contribution in [0.2, 0.25) is 0 Å². The Bertz CT molecular complexity index is 704. The molecule has 6 rings (SSSR count). The molecule has 0 radical (unpaired) electrons. The molecule has 1 heterocycles. The van der Waals surface area contributed by atoms with Gasteiger partial charge in [0.2, 0.25) is 5.91 Å². The third-order valence-electron chi connectivity index (χ3n) is 8.34. The molecular formula is C24H35N3O2. The van der Waals surface area contributed by atoms with Crippen LogP contribution in [0.15, 0.2) is 24.3 Å². The van der Waals surface area contributed by atoms with E-state index < -0.39 is 0 Å². The third-order valence-corrected chi connectivity index (χ3v) is 8.34. The molecule has 1 aromatic carbocycles. The standard InChI is InChI=1S/C24H35N3O2/c1-17(24-13-18-10-19(14-24)12-20(11-18)15-24)25-23(29)16-26-6-8-27(9-7-26)21-2-4-22(28)5-3-21/h2-5,17-20,28H,6-16H2,1H3,(H,25,29)/t17-,18?,19?,20?,24?/m1/s1. The van der Waals surface area contributed by atoms with Crippen LogP contribution in [0.5, 0.6) is 5.75 Å². The van der Waals surface area contributed by atoms with E-state index in [0.717, 1.165) is 49.6 Å². The van der Waals surface area contributed by atoms with Crippen LogP contribution in [-0.4, -0.2) is 54.7 Å². The van der Waals surface area contributed by atoms with Crippen molar-refractivity contribution in [2.45, 2.75) is 51.5 Å². The zero-order valence-electron chi connectivity index (χ0n) is 17.6. The van der Waals surface area contributed by atoms with Gasteiger partial charge in [-0.1, -0.05) is 0 Å². The lowest BCUT2D eigenvalue weighted by molar-refractivity contribution is -0.127. The largest absolute Gasteiger partial charge is 0.508 e. The molecule has 5 heteroatoms. The second kappa shape index (κ2) is 7.50. The van der Waals surface area contributed by atoms with Crippen LogP contribution < -0.4 is 10.2 Å². The number of amides is 1. The highest BCUT2D eigenvalue weighted by Crippen LogP contribution is 2.61. The predicted octanol–water partition coefficient (Wildman–Crippen LogP) is 3.24. The van der Waals surface area contributed by atoms with E-state index in [1.54, 1.807) is 12.1 Å². The molecule has 0 spiro atoms. The number of rotatable bonds is 5. The number of hydrogen-bond donors (Lipinski definition) is 2. The molecular weight excluding hydrogens is 362 g/mol. The number of carbonyl (C=O) groups is 1. The lowest BCUT2D eigenvalue weighted by Crippen LogP contribution is -2.57. The number of piperazine rings is 1. The number of benzene rings is 1. The van der Waals surface area contributed by atoms with E-state index in [1.807, 2.05) is 12.1 Å². The summed E-state index contributed by atoms with van der Waals surface area (Å²) in [5.41, 5.74) is 1.52. The predicted molar refractivity (Wildman–Crippen MR) is 115 cm³/mol. The SMILES string of the molecule is C[C@@H](NC(=O)CN1CCN(c2ccc(O)cc2)CC1)C12CC3CC(CC(C3)C1)C2. The summed E-state index contributed by atoms with van der Waals surface area (Å²) >= 11 is 0. The molecule has 4 aliphatic carbocycles. The molecule has 5 nitrogen and oxygen atoms in total. The maximum Gasteiger partial charge on any atom is 0.234 e. The second-order valence-corrected chi connectivity index (χ2v) is 10.3. The lowest BCUT2D eigenvalue weighted by Gasteiger charge is -2.59. The Hall–Kier alpha value is -1.75. The molecule has 158 valence electrons. The molecule has 5 fully saturated rings. The van der Waals surface area contributed by atoms with Crippen LogP contribution in [0.1, 0.15) is 45.4 Å². The molecule has 1 aromatic rings. The highest BCUT2D eigenvalue weighted by molar-refractivity contribution is 5.78. The fourth-order valence-corrected chi connectivity index (χ4v) is 7.18. The van der Waals surface area contributed by atoms with Crippen molar-refractivity contribution in [1.29, 1.82) is 0 Å². The lowest BCUT2D eigenvalue weighted by atomic mass is 9.48. The van der Waals surface area contributed by atoms with Gasteiger partial charge in [0.05, 0.1) is 6.54 Å². The molecule has 2 N–H and O–H groups in total. The minimum atomic E-state index is 0.200. The molecule has 0 unspecified atom stereocenters. The van der Waals surface area contributed by atoms with Gasteiger partial charge in [-0.05, 0) is 92.9 Å². The van der Waals surface area contributed by atoms with Crippen LogP contribution in [-0.2, 0) is 4.79 Å². The van der Waals surface area contributed by atoms with Crippen molar-refractivity contribution in [1.82, 2.24) is 10.2 Å². The first-order chi connectivity index (χ1) is 14.0. The first-order valence-electron chi connectivity index (χ1n) is 11.5. The van der Waals surface area contributed by atoms with Gasteiger partial charge in [-0.2, -0.15) is 0 Å². The minimum absolute atomic E-state index is 0.200. The van der Waals surface area contributed by atoms with Crippen molar-refractivity contribution in [3.05, 3.63) is 24.3 Å². The number of phenols is 1. The summed E-state index contributed by atoms with van der Waals surface area (Å²) in [6, 6.07) is 7.71. The van der Waals surface area contributed by atoms with E-state index in [9.17, 15) is 9.90 Å². The molecule has 29 heavy (non-hydrogen) atoms. The van der Waals surface area contributed by atoms with E-state index in [-0.39, 0.29) is 5.91 Å². The zero-order valence-corrected chi connectivity index (χ0v) is 17.6. The summed E-state index contributed by atoms with van der Waals surface area (Å²) in [4.78, 5) is 17.4. The zero-order chi connectivity index (χ0) is 20.0. The Morgan fingerprint density at radius 3 is 2.14 bits per heavy atom. The van der Waals surface area contributed by atoms with Crippen LogP contribution in [0.25, 0.3) is 0 Å². The van der Waals surface area contributed by atoms with Gasteiger partial charge in [0.25, 0.3) is 0 Å². The molecule has 4 bridgehead atoms. The van der Waals surface area contributed by atoms with E-state index in [1.165, 1.54) is 38.5 Å². The van der Waals surface area contributed by atoms with E-state index in [2.05, 4.69) is 22.0 Å². The minimum Gasteiger partial charge on any atom is -0.508 e. The summed E-state index contributed by atoms with van der Waals surface area (Å²) in [5.74, 6) is 3.28. The quantitative estimate of drug-likeness (QED) is 0.801. The number of nitrogens with one attached hydrogen (secondary N) is 1. The summed E-state index contributed by atoms with van der Waals surface area (Å²) in [5, 5.41) is 12.9. The van der Waals surface area contributed by atoms with Crippen LogP contribution in [0.3, 0.4) is 0 Å². The van der Waals surface area contributed by atoms with Gasteiger partial charge in [0.15, 0.2) is 0 Å². The van der Waals surface area contributed by atoms with Gasteiger partial charge >= 0.3 is 0 Å². The van der Waals surface area contributed by atoms with Crippen molar-refractivity contribution < 1.29 is 9.90 Å². The van der Waals surface area contributed by atoms with Crippen LogP contribution in [0, 0.1) is 23.2 Å². The third kappa shape index (κ3) is 3.86. The Morgan fingerprint density at radius 2 is 1.59 bits per heavy atom. The Labute approximate surface area is 174 Å². The smallest absolute Gasteiger partial charge is 0.234 e. The van der Waals surface area contributed by atoms with Crippen molar-refractivity contribution >= 4 is 11.6 Å². The van der Waals surface area contributed by atoms with E-state index >= 15 is 0 Å². The molecule has 1 aliphatic heterocycles. The van der Waals surface area contributed by atoms with E-state index in [4.69, 9.17) is 0 Å². The molecule has 0 aromatic heterocycles. The normalized spacial score (nSPS) is 34.9. The van der Waals surface area contributed by atoms with Crippen molar-refractivity contribution in [2.75, 3.05) is 37.6 Å². The number of hydrogen-bond acceptors (Lipinski definition) is 4. The Kier molecular flexibility index (Phi) is 4.97. The highest BCUT2D eigenvalue weighted by atomic mass is 16.3. The average molecular weight is 398 g/mol. The van der Waals surface area contributed by atoms with Gasteiger partial charge in [-0.25, -0.2) is 0 Å².